The number of esters is 1. The van der Waals surface area contributed by atoms with Crippen LogP contribution < -0.4 is 0 Å². The first-order valence-electron chi connectivity index (χ1n) is 5.88. The molecule has 6 heteroatoms. The van der Waals surface area contributed by atoms with E-state index >= 15 is 0 Å². The van der Waals surface area contributed by atoms with Crippen LogP contribution in [0.15, 0.2) is 42.6 Å². The van der Waals surface area contributed by atoms with Gasteiger partial charge in [-0.1, -0.05) is 23.7 Å². The van der Waals surface area contributed by atoms with Gasteiger partial charge in [0, 0.05) is 17.7 Å². The lowest BCUT2D eigenvalue weighted by atomic mass is 10.1. The predicted molar refractivity (Wildman–Crippen MR) is 74.8 cm³/mol. The number of fused-ring (bicyclic) bond motifs is 1. The Hall–Kier alpha value is -2.40. The normalized spacial score (nSPS) is 10.7. The van der Waals surface area contributed by atoms with E-state index in [0.717, 1.165) is 11.3 Å². The minimum absolute atomic E-state index is 0.367. The number of halogens is 1. The van der Waals surface area contributed by atoms with Gasteiger partial charge in [-0.2, -0.15) is 5.10 Å². The van der Waals surface area contributed by atoms with E-state index in [1.54, 1.807) is 47.1 Å². The standard InChI is InChI=1S/C14H10ClN3O2/c1-20-14(19)10-4-2-9(3-5-10)11-8-12(15)18-13(17-11)6-7-16-18/h2-8H,1H3. The molecule has 5 nitrogen and oxygen atoms in total. The fourth-order valence-electron chi connectivity index (χ4n) is 1.92. The van der Waals surface area contributed by atoms with Gasteiger partial charge in [-0.25, -0.2) is 14.3 Å². The average Bonchev–Trinajstić information content (AvgIpc) is 2.95. The van der Waals surface area contributed by atoms with E-state index in [4.69, 9.17) is 11.6 Å². The largest absolute Gasteiger partial charge is 0.465 e. The molecular weight excluding hydrogens is 278 g/mol. The Kier molecular flexibility index (Phi) is 3.12. The highest BCUT2D eigenvalue weighted by molar-refractivity contribution is 6.30. The van der Waals surface area contributed by atoms with Gasteiger partial charge >= 0.3 is 5.97 Å². The van der Waals surface area contributed by atoms with Crippen molar-refractivity contribution in [1.29, 1.82) is 0 Å². The van der Waals surface area contributed by atoms with Gasteiger partial charge in [-0.15, -0.1) is 0 Å². The van der Waals surface area contributed by atoms with Crippen LogP contribution in [0, 0.1) is 0 Å². The van der Waals surface area contributed by atoms with E-state index in [9.17, 15) is 4.79 Å². The summed E-state index contributed by atoms with van der Waals surface area (Å²) < 4.78 is 6.21. The van der Waals surface area contributed by atoms with Crippen molar-refractivity contribution < 1.29 is 9.53 Å². The number of benzene rings is 1. The maximum absolute atomic E-state index is 11.4. The quantitative estimate of drug-likeness (QED) is 0.537. The zero-order valence-corrected chi connectivity index (χ0v) is 11.3. The van der Waals surface area contributed by atoms with Crippen LogP contribution in [0.1, 0.15) is 10.4 Å². The Morgan fingerprint density at radius 3 is 2.70 bits per heavy atom. The fraction of sp³-hybridized carbons (Fsp3) is 0.0714. The molecule has 0 aliphatic rings. The number of hydrogen-bond acceptors (Lipinski definition) is 4. The van der Waals surface area contributed by atoms with Crippen molar-refractivity contribution >= 4 is 23.2 Å². The van der Waals surface area contributed by atoms with Gasteiger partial charge in [0.05, 0.1) is 24.6 Å². The molecule has 3 rings (SSSR count). The molecule has 0 radical (unpaired) electrons. The minimum atomic E-state index is -0.367. The third-order valence-electron chi connectivity index (χ3n) is 2.92. The summed E-state index contributed by atoms with van der Waals surface area (Å²) in [5, 5.41) is 4.54. The first-order chi connectivity index (χ1) is 9.69. The van der Waals surface area contributed by atoms with E-state index < -0.39 is 0 Å². The van der Waals surface area contributed by atoms with E-state index in [0.29, 0.717) is 16.4 Å². The monoisotopic (exact) mass is 287 g/mol. The highest BCUT2D eigenvalue weighted by Gasteiger charge is 2.08. The van der Waals surface area contributed by atoms with Gasteiger partial charge in [0.1, 0.15) is 5.15 Å². The lowest BCUT2D eigenvalue weighted by molar-refractivity contribution is 0.0601. The van der Waals surface area contributed by atoms with E-state index in [1.807, 2.05) is 0 Å². The number of ether oxygens (including phenoxy) is 1. The molecule has 0 amide bonds. The van der Waals surface area contributed by atoms with Crippen molar-refractivity contribution in [3.63, 3.8) is 0 Å². The highest BCUT2D eigenvalue weighted by Crippen LogP contribution is 2.22. The maximum Gasteiger partial charge on any atom is 0.337 e. The SMILES string of the molecule is COC(=O)c1ccc(-c2cc(Cl)n3nccc3n2)cc1. The van der Waals surface area contributed by atoms with Crippen molar-refractivity contribution in [2.45, 2.75) is 0 Å². The van der Waals surface area contributed by atoms with Gasteiger partial charge in [-0.05, 0) is 12.1 Å². The number of carbonyl (C=O) groups is 1. The molecule has 1 aromatic carbocycles. The average molecular weight is 288 g/mol. The van der Waals surface area contributed by atoms with Gasteiger partial charge in [-0.3, -0.25) is 0 Å². The highest BCUT2D eigenvalue weighted by atomic mass is 35.5. The summed E-state index contributed by atoms with van der Waals surface area (Å²) >= 11 is 6.14. The van der Waals surface area contributed by atoms with Gasteiger partial charge in [0.2, 0.25) is 0 Å². The minimum Gasteiger partial charge on any atom is -0.465 e. The molecule has 100 valence electrons. The number of rotatable bonds is 2. The number of methoxy groups -OCH3 is 1. The van der Waals surface area contributed by atoms with Crippen molar-refractivity contribution in [3.8, 4) is 11.3 Å². The zero-order valence-electron chi connectivity index (χ0n) is 10.6. The second kappa shape index (κ2) is 4.94. The van der Waals surface area contributed by atoms with Gasteiger partial charge in [0.15, 0.2) is 5.65 Å². The molecule has 0 saturated carbocycles. The van der Waals surface area contributed by atoms with E-state index in [2.05, 4.69) is 14.8 Å². The van der Waals surface area contributed by atoms with E-state index in [-0.39, 0.29) is 5.97 Å². The van der Waals surface area contributed by atoms with Crippen LogP contribution >= 0.6 is 11.6 Å². The Morgan fingerprint density at radius 2 is 2.00 bits per heavy atom. The molecule has 0 spiro atoms. The third-order valence-corrected chi connectivity index (χ3v) is 3.19. The van der Waals surface area contributed by atoms with Crippen LogP contribution in [0.3, 0.4) is 0 Å². The molecule has 2 aromatic heterocycles. The first-order valence-corrected chi connectivity index (χ1v) is 6.26. The molecule has 0 atom stereocenters. The summed E-state index contributed by atoms with van der Waals surface area (Å²) in [6.45, 7) is 0. The van der Waals surface area contributed by atoms with Crippen LogP contribution in [0.2, 0.25) is 5.15 Å². The molecule has 3 aromatic rings. The lowest BCUT2D eigenvalue weighted by Gasteiger charge is -2.05. The Bertz CT molecular complexity index is 781. The van der Waals surface area contributed by atoms with Crippen LogP contribution in [0.25, 0.3) is 16.9 Å². The second-order valence-electron chi connectivity index (χ2n) is 4.13. The maximum atomic E-state index is 11.4. The summed E-state index contributed by atoms with van der Waals surface area (Å²) in [6.07, 6.45) is 1.64. The molecular formula is C14H10ClN3O2. The van der Waals surface area contributed by atoms with Crippen molar-refractivity contribution in [3.05, 3.63) is 53.3 Å². The Morgan fingerprint density at radius 1 is 1.25 bits per heavy atom. The van der Waals surface area contributed by atoms with Crippen molar-refractivity contribution in [2.24, 2.45) is 0 Å². The van der Waals surface area contributed by atoms with Crippen LogP contribution in [-0.2, 0) is 4.74 Å². The Labute approximate surface area is 119 Å². The lowest BCUT2D eigenvalue weighted by Crippen LogP contribution is -2.00. The number of aromatic nitrogens is 3. The summed E-state index contributed by atoms with van der Waals surface area (Å²) in [7, 11) is 1.35. The van der Waals surface area contributed by atoms with Gasteiger partial charge < -0.3 is 4.74 Å². The summed E-state index contributed by atoms with van der Waals surface area (Å²) in [4.78, 5) is 15.8. The van der Waals surface area contributed by atoms with Crippen LogP contribution in [0.5, 0.6) is 0 Å². The van der Waals surface area contributed by atoms with Crippen molar-refractivity contribution in [2.75, 3.05) is 7.11 Å². The predicted octanol–water partition coefficient (Wildman–Crippen LogP) is 2.84. The molecule has 0 aliphatic carbocycles. The molecule has 2 heterocycles. The van der Waals surface area contributed by atoms with Gasteiger partial charge in [0.25, 0.3) is 0 Å². The topological polar surface area (TPSA) is 56.5 Å². The molecule has 0 fully saturated rings. The van der Waals surface area contributed by atoms with E-state index in [1.165, 1.54) is 7.11 Å². The van der Waals surface area contributed by atoms with Crippen LogP contribution in [0.4, 0.5) is 0 Å². The third kappa shape index (κ3) is 2.12. The number of carbonyl (C=O) groups excluding carboxylic acids is 1. The number of hydrogen-bond donors (Lipinski definition) is 0. The molecule has 0 N–H and O–H groups in total. The molecule has 0 bridgehead atoms. The summed E-state index contributed by atoms with van der Waals surface area (Å²) in [5.74, 6) is -0.367. The van der Waals surface area contributed by atoms with Crippen molar-refractivity contribution in [1.82, 2.24) is 14.6 Å². The Balaban J connectivity index is 2.04. The molecule has 0 saturated heterocycles. The second-order valence-corrected chi connectivity index (χ2v) is 4.52. The molecule has 0 unspecified atom stereocenters. The zero-order chi connectivity index (χ0) is 14.1. The first kappa shape index (κ1) is 12.6. The molecule has 0 aliphatic heterocycles. The van der Waals surface area contributed by atoms with Crippen LogP contribution in [-0.4, -0.2) is 27.7 Å². The summed E-state index contributed by atoms with van der Waals surface area (Å²) in [6, 6.07) is 10.5. The fourth-order valence-corrected chi connectivity index (χ4v) is 2.15. The summed E-state index contributed by atoms with van der Waals surface area (Å²) in [5.41, 5.74) is 2.75. The molecule has 20 heavy (non-hydrogen) atoms. The smallest absolute Gasteiger partial charge is 0.337 e. The number of nitrogens with zero attached hydrogens (tertiary/aromatic N) is 3.